The summed E-state index contributed by atoms with van der Waals surface area (Å²) in [5.74, 6) is -1.27. The topological polar surface area (TPSA) is 89.3 Å². The van der Waals surface area contributed by atoms with Crippen LogP contribution in [-0.2, 0) is 14.6 Å². The van der Waals surface area contributed by atoms with Gasteiger partial charge in [0.05, 0.1) is 10.6 Å². The summed E-state index contributed by atoms with van der Waals surface area (Å²) in [6, 6.07) is 7.10. The third kappa shape index (κ3) is 3.58. The molecule has 8 heteroatoms. The van der Waals surface area contributed by atoms with E-state index < -0.39 is 21.5 Å². The van der Waals surface area contributed by atoms with Crippen molar-refractivity contribution in [2.24, 2.45) is 0 Å². The van der Waals surface area contributed by atoms with Crippen molar-refractivity contribution < 1.29 is 17.7 Å². The maximum absolute atomic E-state index is 12.0. The van der Waals surface area contributed by atoms with Crippen molar-refractivity contribution in [3.05, 3.63) is 41.0 Å². The molecule has 1 aromatic carbocycles. The zero-order valence-electron chi connectivity index (χ0n) is 10.5. The van der Waals surface area contributed by atoms with Crippen molar-refractivity contribution in [3.63, 3.8) is 0 Å². The van der Waals surface area contributed by atoms with Gasteiger partial charge in [-0.25, -0.2) is 8.42 Å². The first-order chi connectivity index (χ1) is 9.37. The van der Waals surface area contributed by atoms with Gasteiger partial charge < -0.3 is 4.52 Å². The average molecular weight is 315 g/mol. The third-order valence-corrected chi connectivity index (χ3v) is 4.27. The van der Waals surface area contributed by atoms with Gasteiger partial charge in [0.25, 0.3) is 0 Å². The molecule has 0 bridgehead atoms. The van der Waals surface area contributed by atoms with Crippen LogP contribution < -0.4 is 5.32 Å². The highest BCUT2D eigenvalue weighted by Crippen LogP contribution is 2.16. The van der Waals surface area contributed by atoms with E-state index in [0.717, 1.165) is 0 Å². The number of hydrogen-bond acceptors (Lipinski definition) is 5. The van der Waals surface area contributed by atoms with Gasteiger partial charge >= 0.3 is 0 Å². The Bertz CT molecular complexity index is 722. The monoisotopic (exact) mass is 314 g/mol. The summed E-state index contributed by atoms with van der Waals surface area (Å²) in [7, 11) is -3.72. The summed E-state index contributed by atoms with van der Waals surface area (Å²) in [6.45, 7) is 1.68. The van der Waals surface area contributed by atoms with Gasteiger partial charge in [-0.2, -0.15) is 0 Å². The van der Waals surface area contributed by atoms with Crippen LogP contribution in [-0.4, -0.2) is 25.2 Å². The fraction of sp³-hybridized carbons (Fsp3) is 0.167. The van der Waals surface area contributed by atoms with E-state index >= 15 is 0 Å². The Morgan fingerprint density at radius 2 is 2.00 bits per heavy atom. The number of amides is 1. The minimum absolute atomic E-state index is 0.0331. The quantitative estimate of drug-likeness (QED) is 0.933. The molecule has 0 atom stereocenters. The molecule has 1 aromatic heterocycles. The number of aromatic nitrogens is 1. The number of halogens is 1. The van der Waals surface area contributed by atoms with Crippen molar-refractivity contribution in [2.75, 3.05) is 11.1 Å². The lowest BCUT2D eigenvalue weighted by molar-refractivity contribution is -0.114. The van der Waals surface area contributed by atoms with E-state index in [9.17, 15) is 13.2 Å². The standard InChI is InChI=1S/C12H11ClN2O4S/c1-8-6-12(19-15-8)14-11(16)7-20(17,18)10-4-2-9(13)3-5-10/h2-6H,7H2,1H3,(H,14,16). The molecule has 1 N–H and O–H groups in total. The lowest BCUT2D eigenvalue weighted by Crippen LogP contribution is -2.22. The number of nitrogens with one attached hydrogen (secondary N) is 1. The number of sulfone groups is 1. The highest BCUT2D eigenvalue weighted by atomic mass is 35.5. The molecule has 6 nitrogen and oxygen atoms in total. The summed E-state index contributed by atoms with van der Waals surface area (Å²) in [6.07, 6.45) is 0. The van der Waals surface area contributed by atoms with Crippen molar-refractivity contribution in [2.45, 2.75) is 11.8 Å². The van der Waals surface area contributed by atoms with E-state index in [4.69, 9.17) is 16.1 Å². The Balaban J connectivity index is 2.08. The predicted octanol–water partition coefficient (Wildman–Crippen LogP) is 2.05. The molecule has 0 aliphatic rings. The average Bonchev–Trinajstić information content (AvgIpc) is 2.74. The van der Waals surface area contributed by atoms with Gasteiger partial charge in [0, 0.05) is 11.1 Å². The molecule has 20 heavy (non-hydrogen) atoms. The maximum atomic E-state index is 12.0. The SMILES string of the molecule is Cc1cc(NC(=O)CS(=O)(=O)c2ccc(Cl)cc2)on1. The maximum Gasteiger partial charge on any atom is 0.242 e. The smallest absolute Gasteiger partial charge is 0.242 e. The molecule has 106 valence electrons. The Morgan fingerprint density at radius 3 is 2.55 bits per heavy atom. The van der Waals surface area contributed by atoms with Gasteiger partial charge in [0.1, 0.15) is 5.75 Å². The van der Waals surface area contributed by atoms with E-state index in [1.165, 1.54) is 30.3 Å². The Labute approximate surface area is 120 Å². The molecule has 0 fully saturated rings. The summed E-state index contributed by atoms with van der Waals surface area (Å²) < 4.78 is 28.8. The van der Waals surface area contributed by atoms with Crippen LogP contribution in [0, 0.1) is 6.92 Å². The highest BCUT2D eigenvalue weighted by molar-refractivity contribution is 7.92. The van der Waals surface area contributed by atoms with Crippen LogP contribution in [0.4, 0.5) is 5.88 Å². The lowest BCUT2D eigenvalue weighted by Gasteiger charge is -2.04. The van der Waals surface area contributed by atoms with Crippen LogP contribution >= 0.6 is 11.6 Å². The molecular weight excluding hydrogens is 304 g/mol. The van der Waals surface area contributed by atoms with Crippen LogP contribution in [0.2, 0.25) is 5.02 Å². The number of rotatable bonds is 4. The molecule has 0 radical (unpaired) electrons. The summed E-state index contributed by atoms with van der Waals surface area (Å²) in [4.78, 5) is 11.7. The van der Waals surface area contributed by atoms with Crippen LogP contribution in [0.25, 0.3) is 0 Å². The number of anilines is 1. The second-order valence-corrected chi connectivity index (χ2v) is 6.52. The fourth-order valence-corrected chi connectivity index (χ4v) is 2.75. The van der Waals surface area contributed by atoms with Crippen molar-refractivity contribution in [3.8, 4) is 0 Å². The molecule has 0 aliphatic carbocycles. The van der Waals surface area contributed by atoms with E-state index in [0.29, 0.717) is 10.7 Å². The summed E-state index contributed by atoms with van der Waals surface area (Å²) >= 11 is 5.68. The van der Waals surface area contributed by atoms with Crippen LogP contribution in [0.15, 0.2) is 39.8 Å². The molecule has 0 spiro atoms. The number of hydrogen-bond donors (Lipinski definition) is 1. The van der Waals surface area contributed by atoms with Gasteiger partial charge in [0.2, 0.25) is 11.8 Å². The summed E-state index contributed by atoms with van der Waals surface area (Å²) in [5.41, 5.74) is 0.584. The van der Waals surface area contributed by atoms with Gasteiger partial charge in [-0.1, -0.05) is 16.8 Å². The molecule has 0 aliphatic heterocycles. The van der Waals surface area contributed by atoms with E-state index in [2.05, 4.69) is 10.5 Å². The second kappa shape index (κ2) is 5.64. The normalized spacial score (nSPS) is 11.3. The van der Waals surface area contributed by atoms with E-state index in [1.54, 1.807) is 6.92 Å². The first-order valence-corrected chi connectivity index (χ1v) is 7.61. The van der Waals surface area contributed by atoms with E-state index in [1.807, 2.05) is 0 Å². The van der Waals surface area contributed by atoms with Gasteiger partial charge in [-0.05, 0) is 31.2 Å². The Kier molecular flexibility index (Phi) is 4.10. The molecule has 2 rings (SSSR count). The molecule has 0 unspecified atom stereocenters. The lowest BCUT2D eigenvalue weighted by atomic mass is 10.4. The third-order valence-electron chi connectivity index (χ3n) is 2.38. The molecular formula is C12H11ClN2O4S. The number of aryl methyl sites for hydroxylation is 1. The highest BCUT2D eigenvalue weighted by Gasteiger charge is 2.20. The predicted molar refractivity (Wildman–Crippen MR) is 73.4 cm³/mol. The van der Waals surface area contributed by atoms with Gasteiger partial charge in [-0.3, -0.25) is 10.1 Å². The molecule has 0 saturated heterocycles. The van der Waals surface area contributed by atoms with Crippen molar-refractivity contribution >= 4 is 33.2 Å². The number of nitrogens with zero attached hydrogens (tertiary/aromatic N) is 1. The van der Waals surface area contributed by atoms with Crippen LogP contribution in [0.3, 0.4) is 0 Å². The molecule has 1 amide bonds. The summed E-state index contributed by atoms with van der Waals surface area (Å²) in [5, 5.41) is 6.33. The first-order valence-electron chi connectivity index (χ1n) is 5.58. The van der Waals surface area contributed by atoms with E-state index in [-0.39, 0.29) is 10.8 Å². The Morgan fingerprint density at radius 1 is 1.35 bits per heavy atom. The second-order valence-electron chi connectivity index (χ2n) is 4.09. The first kappa shape index (κ1) is 14.5. The van der Waals surface area contributed by atoms with Crippen LogP contribution in [0.1, 0.15) is 5.69 Å². The molecule has 0 saturated carbocycles. The molecule has 1 heterocycles. The van der Waals surface area contributed by atoms with Gasteiger partial charge in [-0.15, -0.1) is 0 Å². The number of carbonyl (C=O) groups excluding carboxylic acids is 1. The fourth-order valence-electron chi connectivity index (χ4n) is 1.49. The zero-order valence-corrected chi connectivity index (χ0v) is 12.0. The number of benzene rings is 1. The van der Waals surface area contributed by atoms with Gasteiger partial charge in [0.15, 0.2) is 9.84 Å². The van der Waals surface area contributed by atoms with Crippen molar-refractivity contribution in [1.29, 1.82) is 0 Å². The molecule has 2 aromatic rings. The minimum atomic E-state index is -3.72. The Hall–Kier alpha value is -1.86. The van der Waals surface area contributed by atoms with Crippen LogP contribution in [0.5, 0.6) is 0 Å². The minimum Gasteiger partial charge on any atom is -0.338 e. The zero-order chi connectivity index (χ0) is 14.8. The van der Waals surface area contributed by atoms with Crippen molar-refractivity contribution in [1.82, 2.24) is 5.16 Å². The largest absolute Gasteiger partial charge is 0.338 e. The number of carbonyl (C=O) groups is 1.